The van der Waals surface area contributed by atoms with Crippen molar-refractivity contribution < 1.29 is 9.18 Å². The Morgan fingerprint density at radius 1 is 1.48 bits per heavy atom. The SMILES string of the molecule is C=CCn1c(CC)nnc1SCC(=O)Nc1cc(F)ccc1C. The summed E-state index contributed by atoms with van der Waals surface area (Å²) in [5.41, 5.74) is 1.30. The summed E-state index contributed by atoms with van der Waals surface area (Å²) < 4.78 is 15.2. The lowest BCUT2D eigenvalue weighted by atomic mass is 10.2. The average Bonchev–Trinajstić information content (AvgIpc) is 2.91. The molecule has 7 heteroatoms. The summed E-state index contributed by atoms with van der Waals surface area (Å²) in [5, 5.41) is 11.6. The molecule has 1 aromatic heterocycles. The molecule has 0 radical (unpaired) electrons. The van der Waals surface area contributed by atoms with E-state index in [1.807, 2.05) is 18.4 Å². The van der Waals surface area contributed by atoms with Crippen molar-refractivity contribution in [3.05, 3.63) is 48.1 Å². The number of amides is 1. The van der Waals surface area contributed by atoms with Gasteiger partial charge in [-0.3, -0.25) is 4.79 Å². The van der Waals surface area contributed by atoms with Gasteiger partial charge in [0.05, 0.1) is 5.75 Å². The number of benzene rings is 1. The summed E-state index contributed by atoms with van der Waals surface area (Å²) in [6.07, 6.45) is 2.53. The van der Waals surface area contributed by atoms with Crippen molar-refractivity contribution in [3.63, 3.8) is 0 Å². The van der Waals surface area contributed by atoms with E-state index in [2.05, 4.69) is 22.1 Å². The highest BCUT2D eigenvalue weighted by Gasteiger charge is 2.13. The van der Waals surface area contributed by atoms with Crippen molar-refractivity contribution >= 4 is 23.4 Å². The molecule has 1 amide bonds. The normalized spacial score (nSPS) is 10.6. The zero-order valence-corrected chi connectivity index (χ0v) is 14.0. The van der Waals surface area contributed by atoms with Crippen LogP contribution in [0.2, 0.25) is 0 Å². The van der Waals surface area contributed by atoms with Crippen LogP contribution in [0.25, 0.3) is 0 Å². The van der Waals surface area contributed by atoms with Gasteiger partial charge in [0, 0.05) is 18.7 Å². The van der Waals surface area contributed by atoms with Crippen LogP contribution in [0.4, 0.5) is 10.1 Å². The third-order valence-electron chi connectivity index (χ3n) is 3.23. The van der Waals surface area contributed by atoms with Gasteiger partial charge in [-0.05, 0) is 24.6 Å². The van der Waals surface area contributed by atoms with Crippen molar-refractivity contribution in [1.29, 1.82) is 0 Å². The molecule has 2 rings (SSSR count). The van der Waals surface area contributed by atoms with Crippen LogP contribution in [-0.2, 0) is 17.8 Å². The number of allylic oxidation sites excluding steroid dienone is 1. The Kier molecular flexibility index (Phi) is 5.92. The average molecular weight is 334 g/mol. The van der Waals surface area contributed by atoms with E-state index in [0.29, 0.717) is 17.4 Å². The minimum atomic E-state index is -0.378. The first-order chi connectivity index (χ1) is 11.0. The van der Waals surface area contributed by atoms with Gasteiger partial charge in [-0.1, -0.05) is 30.8 Å². The molecule has 0 aliphatic carbocycles. The Balaban J connectivity index is 2.00. The van der Waals surface area contributed by atoms with Gasteiger partial charge in [0.2, 0.25) is 5.91 Å². The van der Waals surface area contributed by atoms with Gasteiger partial charge in [0.1, 0.15) is 11.6 Å². The second kappa shape index (κ2) is 7.92. The quantitative estimate of drug-likeness (QED) is 0.624. The highest BCUT2D eigenvalue weighted by atomic mass is 32.2. The molecule has 0 saturated carbocycles. The largest absolute Gasteiger partial charge is 0.325 e. The van der Waals surface area contributed by atoms with Crippen LogP contribution < -0.4 is 5.32 Å². The highest BCUT2D eigenvalue weighted by molar-refractivity contribution is 7.99. The van der Waals surface area contributed by atoms with Crippen molar-refractivity contribution in [2.45, 2.75) is 32.0 Å². The van der Waals surface area contributed by atoms with Gasteiger partial charge in [-0.25, -0.2) is 4.39 Å². The highest BCUT2D eigenvalue weighted by Crippen LogP contribution is 2.20. The molecule has 2 aromatic rings. The Morgan fingerprint density at radius 2 is 2.26 bits per heavy atom. The number of nitrogens with one attached hydrogen (secondary N) is 1. The molecule has 1 aromatic carbocycles. The third-order valence-corrected chi connectivity index (χ3v) is 4.19. The minimum absolute atomic E-state index is 0.176. The number of aromatic nitrogens is 3. The fraction of sp³-hybridized carbons (Fsp3) is 0.312. The third kappa shape index (κ3) is 4.41. The number of rotatable bonds is 7. The smallest absolute Gasteiger partial charge is 0.234 e. The van der Waals surface area contributed by atoms with Crippen molar-refractivity contribution in [2.75, 3.05) is 11.1 Å². The van der Waals surface area contributed by atoms with E-state index in [1.54, 1.807) is 12.1 Å². The molecule has 0 saturated heterocycles. The molecular formula is C16H19FN4OS. The van der Waals surface area contributed by atoms with Crippen LogP contribution in [0.5, 0.6) is 0 Å². The molecule has 23 heavy (non-hydrogen) atoms. The van der Waals surface area contributed by atoms with Crippen LogP contribution in [0.1, 0.15) is 18.3 Å². The molecule has 0 atom stereocenters. The van der Waals surface area contributed by atoms with E-state index in [9.17, 15) is 9.18 Å². The lowest BCUT2D eigenvalue weighted by molar-refractivity contribution is -0.113. The fourth-order valence-electron chi connectivity index (χ4n) is 2.05. The van der Waals surface area contributed by atoms with Crippen LogP contribution in [0.15, 0.2) is 36.0 Å². The van der Waals surface area contributed by atoms with Crippen LogP contribution in [-0.4, -0.2) is 26.4 Å². The molecule has 0 fully saturated rings. The zero-order valence-electron chi connectivity index (χ0n) is 13.2. The predicted molar refractivity (Wildman–Crippen MR) is 90.1 cm³/mol. The maximum Gasteiger partial charge on any atom is 0.234 e. The van der Waals surface area contributed by atoms with Gasteiger partial charge >= 0.3 is 0 Å². The number of thioether (sulfide) groups is 1. The maximum absolute atomic E-state index is 13.2. The minimum Gasteiger partial charge on any atom is -0.325 e. The number of halogens is 1. The van der Waals surface area contributed by atoms with E-state index < -0.39 is 0 Å². The van der Waals surface area contributed by atoms with E-state index in [1.165, 1.54) is 23.9 Å². The molecule has 0 unspecified atom stereocenters. The fourth-order valence-corrected chi connectivity index (χ4v) is 2.81. The van der Waals surface area contributed by atoms with Crippen LogP contribution in [0, 0.1) is 12.7 Å². The lowest BCUT2D eigenvalue weighted by Gasteiger charge is -2.09. The second-order valence-electron chi connectivity index (χ2n) is 4.95. The molecule has 0 spiro atoms. The number of nitrogens with zero attached hydrogens (tertiary/aromatic N) is 3. The molecule has 5 nitrogen and oxygen atoms in total. The van der Waals surface area contributed by atoms with E-state index in [-0.39, 0.29) is 17.5 Å². The number of carbonyl (C=O) groups is 1. The van der Waals surface area contributed by atoms with Gasteiger partial charge < -0.3 is 9.88 Å². The zero-order chi connectivity index (χ0) is 16.8. The summed E-state index contributed by atoms with van der Waals surface area (Å²) in [6.45, 7) is 8.13. The maximum atomic E-state index is 13.2. The van der Waals surface area contributed by atoms with Gasteiger partial charge in [-0.15, -0.1) is 16.8 Å². The van der Waals surface area contributed by atoms with Crippen LogP contribution in [0.3, 0.4) is 0 Å². The lowest BCUT2D eigenvalue weighted by Crippen LogP contribution is -2.15. The number of hydrogen-bond donors (Lipinski definition) is 1. The summed E-state index contributed by atoms with van der Waals surface area (Å²) in [6, 6.07) is 4.31. The Labute approximate surface area is 139 Å². The predicted octanol–water partition coefficient (Wildman–Crippen LogP) is 3.20. The molecule has 0 bridgehead atoms. The summed E-state index contributed by atoms with van der Waals surface area (Å²) in [5.74, 6) is 0.440. The Morgan fingerprint density at radius 3 is 2.96 bits per heavy atom. The first kappa shape index (κ1) is 17.2. The van der Waals surface area contributed by atoms with E-state index >= 15 is 0 Å². The van der Waals surface area contributed by atoms with Crippen molar-refractivity contribution in [1.82, 2.24) is 14.8 Å². The monoisotopic (exact) mass is 334 g/mol. The summed E-state index contributed by atoms with van der Waals surface area (Å²) >= 11 is 1.30. The van der Waals surface area contributed by atoms with Crippen LogP contribution >= 0.6 is 11.8 Å². The second-order valence-corrected chi connectivity index (χ2v) is 5.89. The number of hydrogen-bond acceptors (Lipinski definition) is 4. The Bertz CT molecular complexity index is 714. The number of anilines is 1. The number of aryl methyl sites for hydroxylation is 2. The van der Waals surface area contributed by atoms with Crippen molar-refractivity contribution in [2.24, 2.45) is 0 Å². The van der Waals surface area contributed by atoms with Gasteiger partial charge in [-0.2, -0.15) is 0 Å². The van der Waals surface area contributed by atoms with Crippen molar-refractivity contribution in [3.8, 4) is 0 Å². The van der Waals surface area contributed by atoms with E-state index in [0.717, 1.165) is 17.8 Å². The molecule has 0 aliphatic heterocycles. The molecule has 1 heterocycles. The summed E-state index contributed by atoms with van der Waals surface area (Å²) in [7, 11) is 0. The van der Waals surface area contributed by atoms with Gasteiger partial charge in [0.15, 0.2) is 5.16 Å². The summed E-state index contributed by atoms with van der Waals surface area (Å²) in [4.78, 5) is 12.1. The first-order valence-electron chi connectivity index (χ1n) is 7.27. The molecule has 0 aliphatic rings. The standard InChI is InChI=1S/C16H19FN4OS/c1-4-8-21-14(5-2)19-20-16(21)23-10-15(22)18-13-9-12(17)7-6-11(13)3/h4,6-7,9H,1,5,8,10H2,2-3H3,(H,18,22). The molecule has 1 N–H and O–H groups in total. The molecule has 122 valence electrons. The topological polar surface area (TPSA) is 59.8 Å². The molecular weight excluding hydrogens is 315 g/mol. The van der Waals surface area contributed by atoms with E-state index in [4.69, 9.17) is 0 Å². The number of carbonyl (C=O) groups excluding carboxylic acids is 1. The Hall–Kier alpha value is -2.15. The van der Waals surface area contributed by atoms with Gasteiger partial charge in [0.25, 0.3) is 0 Å². The first-order valence-corrected chi connectivity index (χ1v) is 8.25.